The molecule has 0 heterocycles. The highest BCUT2D eigenvalue weighted by Crippen LogP contribution is 2.31. The number of rotatable bonds is 6. The minimum atomic E-state index is -0.243. The van der Waals surface area contributed by atoms with E-state index in [-0.39, 0.29) is 47.8 Å². The molecule has 4 nitrogen and oxygen atoms in total. The Kier molecular flexibility index (Phi) is 7.50. The Hall–Kier alpha value is -1.32. The van der Waals surface area contributed by atoms with E-state index >= 15 is 0 Å². The van der Waals surface area contributed by atoms with Gasteiger partial charge >= 0.3 is 0 Å². The first-order valence-electron chi connectivity index (χ1n) is 9.38. The first kappa shape index (κ1) is 20.7. The van der Waals surface area contributed by atoms with Gasteiger partial charge in [-0.3, -0.25) is 9.59 Å². The maximum absolute atomic E-state index is 13.2. The summed E-state index contributed by atoms with van der Waals surface area (Å²) < 4.78 is 0. The molecule has 2 atom stereocenters. The molecule has 1 rings (SSSR count). The molecular weight excluding hydrogens is 300 g/mol. The van der Waals surface area contributed by atoms with Crippen LogP contribution in [0.1, 0.15) is 68.2 Å². The fraction of sp³-hybridized carbons (Fsp3) is 0.800. The van der Waals surface area contributed by atoms with E-state index in [9.17, 15) is 9.59 Å². The molecule has 0 spiro atoms. The fourth-order valence-corrected chi connectivity index (χ4v) is 3.95. The number of hydrogen-bond acceptors (Lipinski definition) is 2. The second-order valence-corrected chi connectivity index (χ2v) is 8.02. The highest BCUT2D eigenvalue weighted by molar-refractivity contribution is 5.89. The van der Waals surface area contributed by atoms with Gasteiger partial charge in [0.15, 0.2) is 0 Å². The van der Waals surface area contributed by atoms with E-state index in [0.717, 1.165) is 0 Å². The van der Waals surface area contributed by atoms with Gasteiger partial charge in [-0.15, -0.1) is 0 Å². The molecule has 0 aromatic rings. The molecule has 138 valence electrons. The Balaban J connectivity index is 3.10. The van der Waals surface area contributed by atoms with Crippen molar-refractivity contribution in [2.45, 2.75) is 92.4 Å². The second kappa shape index (κ2) is 8.68. The Morgan fingerprint density at radius 3 is 1.12 bits per heavy atom. The highest BCUT2D eigenvalue weighted by atomic mass is 16.2. The van der Waals surface area contributed by atoms with Crippen LogP contribution in [0, 0.1) is 11.8 Å². The van der Waals surface area contributed by atoms with Crippen molar-refractivity contribution in [2.24, 2.45) is 11.8 Å². The van der Waals surface area contributed by atoms with Gasteiger partial charge in [-0.25, -0.2) is 0 Å². The van der Waals surface area contributed by atoms with Gasteiger partial charge in [-0.2, -0.15) is 0 Å². The molecule has 0 unspecified atom stereocenters. The molecule has 0 N–H and O–H groups in total. The van der Waals surface area contributed by atoms with Crippen LogP contribution in [0.4, 0.5) is 0 Å². The number of carbonyl (C=O) groups excluding carboxylic acids is 2. The molecule has 0 saturated heterocycles. The first-order valence-corrected chi connectivity index (χ1v) is 9.38. The van der Waals surface area contributed by atoms with Crippen LogP contribution in [0.5, 0.6) is 0 Å². The van der Waals surface area contributed by atoms with Gasteiger partial charge in [0, 0.05) is 24.2 Å². The standard InChI is InChI=1S/C20H36N2O2/c1-13(2)21(14(3)4)19(23)17-11-9-10-12-18(17)20(24)22(15(5)6)16(7)8/h9-10,13-18H,11-12H2,1-8H3/t17-,18-/m0/s1. The predicted octanol–water partition coefficient (Wildman–Crippen LogP) is 3.86. The fourth-order valence-electron chi connectivity index (χ4n) is 3.95. The summed E-state index contributed by atoms with van der Waals surface area (Å²) in [6.07, 6.45) is 5.44. The van der Waals surface area contributed by atoms with Gasteiger partial charge in [0.25, 0.3) is 0 Å². The van der Waals surface area contributed by atoms with E-state index in [1.54, 1.807) is 0 Å². The molecule has 1 aliphatic rings. The van der Waals surface area contributed by atoms with E-state index in [2.05, 4.69) is 12.2 Å². The van der Waals surface area contributed by atoms with Gasteiger partial charge in [0.05, 0.1) is 11.8 Å². The van der Waals surface area contributed by atoms with Crippen molar-refractivity contribution >= 4 is 11.8 Å². The third-order valence-electron chi connectivity index (χ3n) is 4.80. The first-order chi connectivity index (χ1) is 11.1. The van der Waals surface area contributed by atoms with Gasteiger partial charge in [-0.1, -0.05) is 12.2 Å². The predicted molar refractivity (Wildman–Crippen MR) is 99.6 cm³/mol. The molecular formula is C20H36N2O2. The molecule has 0 aromatic carbocycles. The van der Waals surface area contributed by atoms with Crippen LogP contribution >= 0.6 is 0 Å². The molecule has 0 bridgehead atoms. The zero-order valence-electron chi connectivity index (χ0n) is 16.7. The van der Waals surface area contributed by atoms with Crippen LogP contribution in [0.2, 0.25) is 0 Å². The monoisotopic (exact) mass is 336 g/mol. The van der Waals surface area contributed by atoms with Gasteiger partial charge < -0.3 is 9.80 Å². The number of hydrogen-bond donors (Lipinski definition) is 0. The molecule has 2 amide bonds. The Bertz CT molecular complexity index is 408. The van der Waals surface area contributed by atoms with Gasteiger partial charge in [0.2, 0.25) is 11.8 Å². The second-order valence-electron chi connectivity index (χ2n) is 8.02. The molecule has 0 fully saturated rings. The van der Waals surface area contributed by atoms with E-state index in [4.69, 9.17) is 0 Å². The van der Waals surface area contributed by atoms with Crippen molar-refractivity contribution in [3.8, 4) is 0 Å². The van der Waals surface area contributed by atoms with Crippen LogP contribution < -0.4 is 0 Å². The van der Waals surface area contributed by atoms with Gasteiger partial charge in [0.1, 0.15) is 0 Å². The molecule has 0 saturated carbocycles. The smallest absolute Gasteiger partial charge is 0.227 e. The molecule has 1 aliphatic carbocycles. The summed E-state index contributed by atoms with van der Waals surface area (Å²) in [6.45, 7) is 16.3. The van der Waals surface area contributed by atoms with Crippen molar-refractivity contribution in [3.05, 3.63) is 12.2 Å². The zero-order valence-corrected chi connectivity index (χ0v) is 16.7. The molecule has 0 radical (unpaired) electrons. The molecule has 4 heteroatoms. The van der Waals surface area contributed by atoms with Crippen molar-refractivity contribution in [1.29, 1.82) is 0 Å². The summed E-state index contributed by atoms with van der Waals surface area (Å²) in [4.78, 5) is 30.2. The number of carbonyl (C=O) groups is 2. The minimum absolute atomic E-state index is 0.121. The summed E-state index contributed by atoms with van der Waals surface area (Å²) in [5, 5.41) is 0. The summed E-state index contributed by atoms with van der Waals surface area (Å²) in [7, 11) is 0. The maximum atomic E-state index is 13.2. The lowest BCUT2D eigenvalue weighted by atomic mass is 9.80. The number of nitrogens with zero attached hydrogens (tertiary/aromatic N) is 2. The van der Waals surface area contributed by atoms with Crippen LogP contribution in [0.25, 0.3) is 0 Å². The highest BCUT2D eigenvalue weighted by Gasteiger charge is 2.40. The van der Waals surface area contributed by atoms with E-state index in [1.165, 1.54) is 0 Å². The minimum Gasteiger partial charge on any atom is -0.338 e. The van der Waals surface area contributed by atoms with Crippen LogP contribution in [0.3, 0.4) is 0 Å². The normalized spacial score (nSPS) is 21.0. The SMILES string of the molecule is CC(C)N(C(=O)[C@H]1CC=CC[C@@H]1C(=O)N(C(C)C)C(C)C)C(C)C. The zero-order chi connectivity index (χ0) is 18.6. The van der Waals surface area contributed by atoms with Crippen molar-refractivity contribution in [3.63, 3.8) is 0 Å². The summed E-state index contributed by atoms with van der Waals surface area (Å²) in [5.41, 5.74) is 0. The van der Waals surface area contributed by atoms with Crippen molar-refractivity contribution in [1.82, 2.24) is 9.80 Å². The summed E-state index contributed by atoms with van der Waals surface area (Å²) in [6, 6.07) is 0.576. The quantitative estimate of drug-likeness (QED) is 0.691. The average Bonchev–Trinajstić information content (AvgIpc) is 2.45. The molecule has 24 heavy (non-hydrogen) atoms. The lowest BCUT2D eigenvalue weighted by Gasteiger charge is -2.40. The van der Waals surface area contributed by atoms with Crippen LogP contribution in [0.15, 0.2) is 12.2 Å². The Labute approximate surface area is 148 Å². The topological polar surface area (TPSA) is 40.6 Å². The third kappa shape index (κ3) is 4.61. The number of allylic oxidation sites excluding steroid dienone is 2. The maximum Gasteiger partial charge on any atom is 0.227 e. The van der Waals surface area contributed by atoms with Crippen LogP contribution in [-0.4, -0.2) is 45.8 Å². The third-order valence-corrected chi connectivity index (χ3v) is 4.80. The summed E-state index contributed by atoms with van der Waals surface area (Å²) >= 11 is 0. The van der Waals surface area contributed by atoms with E-state index < -0.39 is 0 Å². The Morgan fingerprint density at radius 2 is 0.917 bits per heavy atom. The lowest BCUT2D eigenvalue weighted by molar-refractivity contribution is -0.150. The Morgan fingerprint density at radius 1 is 0.667 bits per heavy atom. The lowest BCUT2D eigenvalue weighted by Crippen LogP contribution is -2.52. The molecule has 0 aromatic heterocycles. The van der Waals surface area contributed by atoms with Crippen LogP contribution in [-0.2, 0) is 9.59 Å². The molecule has 0 aliphatic heterocycles. The number of amides is 2. The van der Waals surface area contributed by atoms with Crippen molar-refractivity contribution in [2.75, 3.05) is 0 Å². The summed E-state index contributed by atoms with van der Waals surface area (Å²) in [5.74, 6) is -0.245. The van der Waals surface area contributed by atoms with E-state index in [0.29, 0.717) is 12.8 Å². The average molecular weight is 337 g/mol. The largest absolute Gasteiger partial charge is 0.338 e. The van der Waals surface area contributed by atoms with Crippen molar-refractivity contribution < 1.29 is 9.59 Å². The van der Waals surface area contributed by atoms with E-state index in [1.807, 2.05) is 65.2 Å². The van der Waals surface area contributed by atoms with Gasteiger partial charge in [-0.05, 0) is 68.2 Å².